The molecule has 1 saturated carbocycles. The highest BCUT2D eigenvalue weighted by Crippen LogP contribution is 2.41. The van der Waals surface area contributed by atoms with Gasteiger partial charge in [-0.3, -0.25) is 14.5 Å². The third-order valence-electron chi connectivity index (χ3n) is 4.17. The van der Waals surface area contributed by atoms with Crippen LogP contribution in [-0.4, -0.2) is 66.1 Å². The van der Waals surface area contributed by atoms with Crippen LogP contribution in [0.15, 0.2) is 0 Å². The molecule has 0 radical (unpaired) electrons. The Morgan fingerprint density at radius 2 is 1.78 bits per heavy atom. The number of aliphatic carboxylic acids is 1. The number of carboxylic acid groups (broad SMARTS) is 1. The largest absolute Gasteiger partial charge is 0.480 e. The van der Waals surface area contributed by atoms with Crippen LogP contribution in [0.3, 0.4) is 0 Å². The summed E-state index contributed by atoms with van der Waals surface area (Å²) in [4.78, 5) is 26.7. The first-order valence-electron chi connectivity index (χ1n) is 6.51. The Labute approximate surface area is 107 Å². The predicted octanol–water partition coefficient (Wildman–Crippen LogP) is -0.656. The molecule has 0 spiro atoms. The third kappa shape index (κ3) is 2.49. The Hall–Kier alpha value is -1.14. The molecule has 0 aromatic carbocycles. The zero-order valence-corrected chi connectivity index (χ0v) is 10.6. The van der Waals surface area contributed by atoms with Crippen molar-refractivity contribution < 1.29 is 14.7 Å². The number of nitrogens with two attached hydrogens (primary N) is 1. The molecule has 18 heavy (non-hydrogen) atoms. The Morgan fingerprint density at radius 3 is 2.17 bits per heavy atom. The van der Waals surface area contributed by atoms with Crippen LogP contribution >= 0.6 is 0 Å². The summed E-state index contributed by atoms with van der Waals surface area (Å²) in [5.74, 6) is -0.640. The molecule has 2 fully saturated rings. The molecule has 0 unspecified atom stereocenters. The van der Waals surface area contributed by atoms with Crippen molar-refractivity contribution in [2.45, 2.75) is 19.3 Å². The maximum Gasteiger partial charge on any atom is 0.317 e. The summed E-state index contributed by atoms with van der Waals surface area (Å²) in [6.07, 6.45) is 2.89. The van der Waals surface area contributed by atoms with Gasteiger partial charge in [0.2, 0.25) is 5.91 Å². The standard InChI is InChI=1S/C12H21N3O3/c13-9-12(2-1-3-12)11(18)15-6-4-14(5-7-15)8-10(16)17/h1-9,13H2,(H,16,17). The number of amides is 1. The Bertz CT molecular complexity index is 328. The van der Waals surface area contributed by atoms with E-state index in [-0.39, 0.29) is 17.9 Å². The van der Waals surface area contributed by atoms with Crippen LogP contribution < -0.4 is 5.73 Å². The molecule has 2 aliphatic rings. The normalized spacial score (nSPS) is 23.5. The minimum absolute atomic E-state index is 0.0596. The summed E-state index contributed by atoms with van der Waals surface area (Å²) in [5.41, 5.74) is 5.42. The van der Waals surface area contributed by atoms with Gasteiger partial charge in [0.15, 0.2) is 0 Å². The Kier molecular flexibility index (Phi) is 3.87. The Balaban J connectivity index is 1.86. The quantitative estimate of drug-likeness (QED) is 0.696. The zero-order valence-electron chi connectivity index (χ0n) is 10.6. The van der Waals surface area contributed by atoms with Gasteiger partial charge in [0.25, 0.3) is 0 Å². The molecule has 1 saturated heterocycles. The number of piperazine rings is 1. The number of hydrogen-bond donors (Lipinski definition) is 2. The second-order valence-corrected chi connectivity index (χ2v) is 5.30. The van der Waals surface area contributed by atoms with Crippen molar-refractivity contribution in [2.75, 3.05) is 39.3 Å². The third-order valence-corrected chi connectivity index (χ3v) is 4.17. The van der Waals surface area contributed by atoms with Crippen molar-refractivity contribution in [3.8, 4) is 0 Å². The SMILES string of the molecule is NCC1(C(=O)N2CCN(CC(=O)O)CC2)CCC1. The topological polar surface area (TPSA) is 86.9 Å². The summed E-state index contributed by atoms with van der Waals surface area (Å²) in [6, 6.07) is 0. The molecule has 6 heteroatoms. The van der Waals surface area contributed by atoms with Gasteiger partial charge in [-0.05, 0) is 12.8 Å². The molecule has 1 heterocycles. The van der Waals surface area contributed by atoms with E-state index < -0.39 is 5.97 Å². The fourth-order valence-corrected chi connectivity index (χ4v) is 2.74. The second-order valence-electron chi connectivity index (χ2n) is 5.30. The highest BCUT2D eigenvalue weighted by atomic mass is 16.4. The molecule has 0 atom stereocenters. The molecule has 2 rings (SSSR count). The van der Waals surface area contributed by atoms with Crippen molar-refractivity contribution in [3.05, 3.63) is 0 Å². The number of carbonyl (C=O) groups is 2. The minimum atomic E-state index is -0.813. The fraction of sp³-hybridized carbons (Fsp3) is 0.833. The van der Waals surface area contributed by atoms with Gasteiger partial charge in [-0.1, -0.05) is 6.42 Å². The average molecular weight is 255 g/mol. The molecule has 1 aliphatic heterocycles. The molecular weight excluding hydrogens is 234 g/mol. The van der Waals surface area contributed by atoms with E-state index in [0.717, 1.165) is 19.3 Å². The smallest absolute Gasteiger partial charge is 0.317 e. The molecule has 0 aromatic rings. The molecule has 0 bridgehead atoms. The lowest BCUT2D eigenvalue weighted by Crippen LogP contribution is -2.57. The number of rotatable bonds is 4. The van der Waals surface area contributed by atoms with E-state index >= 15 is 0 Å². The fourth-order valence-electron chi connectivity index (χ4n) is 2.74. The van der Waals surface area contributed by atoms with Crippen LogP contribution in [0.2, 0.25) is 0 Å². The molecular formula is C12H21N3O3. The maximum absolute atomic E-state index is 12.4. The van der Waals surface area contributed by atoms with Crippen LogP contribution in [-0.2, 0) is 9.59 Å². The summed E-state index contributed by atoms with van der Waals surface area (Å²) >= 11 is 0. The van der Waals surface area contributed by atoms with E-state index in [1.54, 1.807) is 0 Å². The van der Waals surface area contributed by atoms with Crippen molar-refractivity contribution >= 4 is 11.9 Å². The maximum atomic E-state index is 12.4. The zero-order chi connectivity index (χ0) is 13.2. The second kappa shape index (κ2) is 5.24. The number of hydrogen-bond acceptors (Lipinski definition) is 4. The van der Waals surface area contributed by atoms with E-state index in [2.05, 4.69) is 0 Å². The predicted molar refractivity (Wildman–Crippen MR) is 66.0 cm³/mol. The van der Waals surface area contributed by atoms with Crippen molar-refractivity contribution in [1.29, 1.82) is 0 Å². The van der Waals surface area contributed by atoms with Crippen LogP contribution in [0.4, 0.5) is 0 Å². The molecule has 1 aliphatic carbocycles. The first-order chi connectivity index (χ1) is 8.57. The lowest BCUT2D eigenvalue weighted by Gasteiger charge is -2.45. The first kappa shape index (κ1) is 13.3. The van der Waals surface area contributed by atoms with Gasteiger partial charge in [-0.15, -0.1) is 0 Å². The monoisotopic (exact) mass is 255 g/mol. The van der Waals surface area contributed by atoms with Gasteiger partial charge in [0, 0.05) is 32.7 Å². The summed E-state index contributed by atoms with van der Waals surface area (Å²) in [6.45, 7) is 3.00. The molecule has 6 nitrogen and oxygen atoms in total. The van der Waals surface area contributed by atoms with Gasteiger partial charge >= 0.3 is 5.97 Å². The van der Waals surface area contributed by atoms with Crippen LogP contribution in [0.5, 0.6) is 0 Å². The summed E-state index contributed by atoms with van der Waals surface area (Å²) < 4.78 is 0. The van der Waals surface area contributed by atoms with E-state index in [0.29, 0.717) is 32.7 Å². The average Bonchev–Trinajstić information content (AvgIpc) is 2.28. The molecule has 0 aromatic heterocycles. The van der Waals surface area contributed by atoms with Crippen molar-refractivity contribution in [3.63, 3.8) is 0 Å². The number of carboxylic acids is 1. The van der Waals surface area contributed by atoms with Gasteiger partial charge in [-0.25, -0.2) is 0 Å². The lowest BCUT2D eigenvalue weighted by molar-refractivity contribution is -0.149. The van der Waals surface area contributed by atoms with Gasteiger partial charge < -0.3 is 15.7 Å². The van der Waals surface area contributed by atoms with Gasteiger partial charge in [0.05, 0.1) is 12.0 Å². The van der Waals surface area contributed by atoms with Gasteiger partial charge in [0.1, 0.15) is 0 Å². The van der Waals surface area contributed by atoms with E-state index in [9.17, 15) is 9.59 Å². The van der Waals surface area contributed by atoms with Gasteiger partial charge in [-0.2, -0.15) is 0 Å². The number of nitrogens with zero attached hydrogens (tertiary/aromatic N) is 2. The van der Waals surface area contributed by atoms with Crippen LogP contribution in [0, 0.1) is 5.41 Å². The van der Waals surface area contributed by atoms with E-state index in [1.807, 2.05) is 9.80 Å². The molecule has 3 N–H and O–H groups in total. The van der Waals surface area contributed by atoms with Crippen LogP contribution in [0.25, 0.3) is 0 Å². The number of carbonyl (C=O) groups excluding carboxylic acids is 1. The van der Waals surface area contributed by atoms with Crippen molar-refractivity contribution in [1.82, 2.24) is 9.80 Å². The highest BCUT2D eigenvalue weighted by Gasteiger charge is 2.45. The van der Waals surface area contributed by atoms with Crippen molar-refractivity contribution in [2.24, 2.45) is 11.1 Å². The van der Waals surface area contributed by atoms with E-state index in [1.165, 1.54) is 0 Å². The van der Waals surface area contributed by atoms with Crippen LogP contribution in [0.1, 0.15) is 19.3 Å². The van der Waals surface area contributed by atoms with E-state index in [4.69, 9.17) is 10.8 Å². The highest BCUT2D eigenvalue weighted by molar-refractivity contribution is 5.84. The minimum Gasteiger partial charge on any atom is -0.480 e. The first-order valence-corrected chi connectivity index (χ1v) is 6.51. The summed E-state index contributed by atoms with van der Waals surface area (Å²) in [7, 11) is 0. The summed E-state index contributed by atoms with van der Waals surface area (Å²) in [5, 5.41) is 8.72. The molecule has 102 valence electrons. The lowest BCUT2D eigenvalue weighted by atomic mass is 9.67. The Morgan fingerprint density at radius 1 is 1.17 bits per heavy atom. The molecule has 1 amide bonds.